The number of halogens is 3. The molecule has 2 amide bonds. The standard InChI is InChI=1S/C17H17Cl2FN4O4S/c18-10-4-5-13(24(17(21)26)12-3-1-2-11(20)14(12)19)15(25)16(10)29(27,28)23-8-6-22-7-9-23/h1-5,22,25H,6-9H2,(H2,21,26). The summed E-state index contributed by atoms with van der Waals surface area (Å²) in [5.74, 6) is -1.62. The minimum absolute atomic E-state index is 0.165. The number of phenolic OH excluding ortho intramolecular Hbond substituents is 1. The van der Waals surface area contributed by atoms with Crippen molar-refractivity contribution in [3.05, 3.63) is 46.2 Å². The number of nitrogens with zero attached hydrogens (tertiary/aromatic N) is 2. The van der Waals surface area contributed by atoms with E-state index in [-0.39, 0.29) is 29.5 Å². The van der Waals surface area contributed by atoms with Crippen LogP contribution in [-0.2, 0) is 10.0 Å². The van der Waals surface area contributed by atoms with Crippen molar-refractivity contribution in [3.8, 4) is 5.75 Å². The average Bonchev–Trinajstić information content (AvgIpc) is 2.67. The third kappa shape index (κ3) is 3.99. The molecule has 1 aliphatic heterocycles. The molecule has 0 saturated carbocycles. The topological polar surface area (TPSA) is 116 Å². The summed E-state index contributed by atoms with van der Waals surface area (Å²) >= 11 is 12.0. The normalized spacial score (nSPS) is 15.3. The van der Waals surface area contributed by atoms with Gasteiger partial charge in [-0.1, -0.05) is 29.3 Å². The van der Waals surface area contributed by atoms with E-state index in [4.69, 9.17) is 28.9 Å². The van der Waals surface area contributed by atoms with Gasteiger partial charge in [-0.05, 0) is 24.3 Å². The minimum Gasteiger partial charge on any atom is -0.504 e. The van der Waals surface area contributed by atoms with Crippen LogP contribution in [0, 0.1) is 5.82 Å². The number of nitrogens with one attached hydrogen (secondary N) is 1. The lowest BCUT2D eigenvalue weighted by molar-refractivity contribution is 0.256. The van der Waals surface area contributed by atoms with Crippen LogP contribution in [0.25, 0.3) is 0 Å². The van der Waals surface area contributed by atoms with Crippen molar-refractivity contribution < 1.29 is 22.7 Å². The molecule has 29 heavy (non-hydrogen) atoms. The molecule has 0 atom stereocenters. The van der Waals surface area contributed by atoms with Crippen molar-refractivity contribution in [1.29, 1.82) is 0 Å². The molecule has 8 nitrogen and oxygen atoms in total. The number of rotatable bonds is 4. The van der Waals surface area contributed by atoms with Crippen LogP contribution in [0.15, 0.2) is 35.2 Å². The van der Waals surface area contributed by atoms with Gasteiger partial charge in [0.05, 0.1) is 16.4 Å². The van der Waals surface area contributed by atoms with E-state index in [2.05, 4.69) is 5.32 Å². The summed E-state index contributed by atoms with van der Waals surface area (Å²) in [4.78, 5) is 12.3. The molecule has 0 aromatic heterocycles. The summed E-state index contributed by atoms with van der Waals surface area (Å²) in [5, 5.41) is 13.1. The molecule has 0 spiro atoms. The summed E-state index contributed by atoms with van der Waals surface area (Å²) < 4.78 is 41.2. The van der Waals surface area contributed by atoms with Gasteiger partial charge in [0, 0.05) is 26.2 Å². The Bertz CT molecular complexity index is 1060. The number of nitrogens with two attached hydrogens (primary N) is 1. The number of piperazine rings is 1. The van der Waals surface area contributed by atoms with Gasteiger partial charge in [0.25, 0.3) is 0 Å². The van der Waals surface area contributed by atoms with Crippen LogP contribution < -0.4 is 16.0 Å². The fourth-order valence-corrected chi connectivity index (χ4v) is 5.25. The molecule has 156 valence electrons. The number of benzene rings is 2. The van der Waals surface area contributed by atoms with Crippen LogP contribution in [0.3, 0.4) is 0 Å². The van der Waals surface area contributed by atoms with E-state index in [0.29, 0.717) is 18.0 Å². The lowest BCUT2D eigenvalue weighted by atomic mass is 10.2. The average molecular weight is 463 g/mol. The van der Waals surface area contributed by atoms with E-state index in [0.717, 1.165) is 10.4 Å². The lowest BCUT2D eigenvalue weighted by Gasteiger charge is -2.28. The zero-order valence-corrected chi connectivity index (χ0v) is 17.2. The van der Waals surface area contributed by atoms with Crippen molar-refractivity contribution in [2.75, 3.05) is 31.1 Å². The van der Waals surface area contributed by atoms with Gasteiger partial charge in [-0.2, -0.15) is 4.31 Å². The van der Waals surface area contributed by atoms with Crippen molar-refractivity contribution in [3.63, 3.8) is 0 Å². The molecule has 12 heteroatoms. The van der Waals surface area contributed by atoms with Gasteiger partial charge in [0.2, 0.25) is 10.0 Å². The highest BCUT2D eigenvalue weighted by Gasteiger charge is 2.34. The number of carbonyl (C=O) groups excluding carboxylic acids is 1. The second-order valence-electron chi connectivity index (χ2n) is 6.14. The highest BCUT2D eigenvalue weighted by molar-refractivity contribution is 7.89. The number of hydrogen-bond acceptors (Lipinski definition) is 5. The van der Waals surface area contributed by atoms with Crippen molar-refractivity contribution in [2.45, 2.75) is 4.90 Å². The van der Waals surface area contributed by atoms with Gasteiger partial charge in [0.1, 0.15) is 15.7 Å². The van der Waals surface area contributed by atoms with Gasteiger partial charge in [-0.3, -0.25) is 4.90 Å². The van der Waals surface area contributed by atoms with Gasteiger partial charge in [-0.15, -0.1) is 0 Å². The molecule has 2 aromatic carbocycles. The van der Waals surface area contributed by atoms with Crippen LogP contribution in [0.1, 0.15) is 0 Å². The highest BCUT2D eigenvalue weighted by Crippen LogP contribution is 2.44. The smallest absolute Gasteiger partial charge is 0.324 e. The van der Waals surface area contributed by atoms with E-state index in [9.17, 15) is 22.7 Å². The van der Waals surface area contributed by atoms with Crippen LogP contribution >= 0.6 is 23.2 Å². The molecule has 0 unspecified atom stereocenters. The summed E-state index contributed by atoms with van der Waals surface area (Å²) in [6, 6.07) is 4.95. The molecule has 1 aliphatic rings. The van der Waals surface area contributed by atoms with Crippen LogP contribution in [0.2, 0.25) is 10.0 Å². The quantitative estimate of drug-likeness (QED) is 0.645. The monoisotopic (exact) mass is 462 g/mol. The molecular weight excluding hydrogens is 446 g/mol. The van der Waals surface area contributed by atoms with Crippen LogP contribution in [0.4, 0.5) is 20.6 Å². The number of aromatic hydroxyl groups is 1. The van der Waals surface area contributed by atoms with E-state index < -0.39 is 37.5 Å². The molecule has 2 aromatic rings. The lowest BCUT2D eigenvalue weighted by Crippen LogP contribution is -2.46. The number of amides is 2. The van der Waals surface area contributed by atoms with Crippen LogP contribution in [-0.4, -0.2) is 50.0 Å². The fourth-order valence-electron chi connectivity index (χ4n) is 3.01. The number of hydrogen-bond donors (Lipinski definition) is 3. The molecule has 1 saturated heterocycles. The predicted octanol–water partition coefficient (Wildman–Crippen LogP) is 2.65. The summed E-state index contributed by atoms with van der Waals surface area (Å²) in [5.41, 5.74) is 4.96. The number of carbonyl (C=O) groups is 1. The van der Waals surface area contributed by atoms with Crippen LogP contribution in [0.5, 0.6) is 5.75 Å². The second kappa shape index (κ2) is 8.33. The minimum atomic E-state index is -4.18. The Morgan fingerprint density at radius 1 is 1.17 bits per heavy atom. The van der Waals surface area contributed by atoms with Gasteiger partial charge in [-0.25, -0.2) is 17.6 Å². The third-order valence-corrected chi connectivity index (χ3v) is 7.14. The zero-order valence-electron chi connectivity index (χ0n) is 14.9. The Labute approximate surface area is 176 Å². The Morgan fingerprint density at radius 2 is 1.83 bits per heavy atom. The summed E-state index contributed by atoms with van der Waals surface area (Å²) in [6.07, 6.45) is 0. The number of urea groups is 1. The third-order valence-electron chi connectivity index (χ3n) is 4.37. The molecule has 3 rings (SSSR count). The maximum absolute atomic E-state index is 13.9. The maximum atomic E-state index is 13.9. The van der Waals surface area contributed by atoms with E-state index in [1.165, 1.54) is 24.3 Å². The van der Waals surface area contributed by atoms with Gasteiger partial charge in [0.15, 0.2) is 5.75 Å². The van der Waals surface area contributed by atoms with E-state index in [1.807, 2.05) is 0 Å². The number of phenols is 1. The largest absolute Gasteiger partial charge is 0.504 e. The molecule has 1 fully saturated rings. The van der Waals surface area contributed by atoms with Gasteiger partial charge >= 0.3 is 6.03 Å². The van der Waals surface area contributed by atoms with E-state index in [1.54, 1.807) is 0 Å². The molecule has 0 bridgehead atoms. The van der Waals surface area contributed by atoms with E-state index >= 15 is 0 Å². The Balaban J connectivity index is 2.19. The molecule has 4 N–H and O–H groups in total. The molecule has 0 radical (unpaired) electrons. The predicted molar refractivity (Wildman–Crippen MR) is 108 cm³/mol. The Kier molecular flexibility index (Phi) is 6.20. The highest BCUT2D eigenvalue weighted by atomic mass is 35.5. The Morgan fingerprint density at radius 3 is 2.45 bits per heavy atom. The first-order chi connectivity index (χ1) is 13.7. The second-order valence-corrected chi connectivity index (χ2v) is 8.80. The van der Waals surface area contributed by atoms with Crippen molar-refractivity contribution in [1.82, 2.24) is 9.62 Å². The van der Waals surface area contributed by atoms with Crippen molar-refractivity contribution >= 4 is 50.6 Å². The first-order valence-electron chi connectivity index (χ1n) is 8.42. The molecule has 1 heterocycles. The molecule has 0 aliphatic carbocycles. The maximum Gasteiger partial charge on any atom is 0.324 e. The number of anilines is 2. The molecular formula is C17H17Cl2FN4O4S. The van der Waals surface area contributed by atoms with Gasteiger partial charge < -0.3 is 16.2 Å². The van der Waals surface area contributed by atoms with Crippen molar-refractivity contribution in [2.24, 2.45) is 5.73 Å². The summed E-state index contributed by atoms with van der Waals surface area (Å²) in [7, 11) is -4.18. The summed E-state index contributed by atoms with van der Waals surface area (Å²) in [6.45, 7) is 1.22. The Hall–Kier alpha value is -2.11. The number of sulfonamides is 1. The number of primary amides is 1. The zero-order chi connectivity index (χ0) is 21.3. The SMILES string of the molecule is NC(=O)N(c1ccc(Cl)c(S(=O)(=O)N2CCNCC2)c1O)c1cccc(F)c1Cl. The fraction of sp³-hybridized carbons (Fsp3) is 0.235. The first kappa shape index (κ1) is 21.6. The first-order valence-corrected chi connectivity index (χ1v) is 10.6.